The number of nitrogens with zero attached hydrogens (tertiary/aromatic N) is 4. The number of benzene rings is 1. The van der Waals surface area contributed by atoms with Crippen molar-refractivity contribution in [2.24, 2.45) is 0 Å². The van der Waals surface area contributed by atoms with E-state index >= 15 is 0 Å². The number of amides is 1. The molecule has 1 fully saturated rings. The monoisotopic (exact) mass is 375 g/mol. The molecule has 1 amide bonds. The number of rotatable bonds is 3. The van der Waals surface area contributed by atoms with E-state index in [1.165, 1.54) is 13.0 Å². The third-order valence-corrected chi connectivity index (χ3v) is 3.47. The number of likely N-dealkylation sites (tertiary alicyclic amines) is 1. The number of hydrogen-bond donors (Lipinski definition) is 0. The molecule has 0 unspecified atom stereocenters. The highest BCUT2D eigenvalue weighted by Crippen LogP contribution is 2.32. The fourth-order valence-electron chi connectivity index (χ4n) is 2.29. The van der Waals surface area contributed by atoms with Crippen LogP contribution in [-0.2, 0) is 11.0 Å². The quantitative estimate of drug-likeness (QED) is 0.612. The number of halogens is 5. The van der Waals surface area contributed by atoms with Gasteiger partial charge in [-0.1, -0.05) is 0 Å². The lowest BCUT2D eigenvalue weighted by molar-refractivity contribution is -0.160. The Kier molecular flexibility index (Phi) is 3.42. The van der Waals surface area contributed by atoms with Gasteiger partial charge in [0.2, 0.25) is 5.91 Å². The third-order valence-electron chi connectivity index (χ3n) is 3.47. The van der Waals surface area contributed by atoms with Crippen molar-refractivity contribution in [1.82, 2.24) is 19.7 Å². The average molecular weight is 375 g/mol. The van der Waals surface area contributed by atoms with Gasteiger partial charge in [-0.2, -0.15) is 13.2 Å². The van der Waals surface area contributed by atoms with Crippen LogP contribution in [0.3, 0.4) is 0 Å². The van der Waals surface area contributed by atoms with Crippen molar-refractivity contribution in [3.63, 3.8) is 0 Å². The Morgan fingerprint density at radius 1 is 1.38 bits per heavy atom. The molecule has 2 heterocycles. The van der Waals surface area contributed by atoms with Crippen LogP contribution in [0.4, 0.5) is 22.0 Å². The molecular formula is C16H13F5N4O. The Balaban J connectivity index is 1.91. The minimum absolute atomic E-state index is 0.0170. The predicted molar refractivity (Wildman–Crippen MR) is 82.1 cm³/mol. The highest BCUT2D eigenvalue weighted by atomic mass is 19.4. The van der Waals surface area contributed by atoms with E-state index in [0.717, 1.165) is 11.1 Å². The van der Waals surface area contributed by atoms with E-state index in [0.29, 0.717) is 10.7 Å². The van der Waals surface area contributed by atoms with Gasteiger partial charge < -0.3 is 4.90 Å². The smallest absolute Gasteiger partial charge is 0.327 e. The largest absolute Gasteiger partial charge is 0.416 e. The summed E-state index contributed by atoms with van der Waals surface area (Å²) in [7, 11) is 0. The van der Waals surface area contributed by atoms with Gasteiger partial charge in [-0.15, -0.1) is 5.10 Å². The molecule has 1 aliphatic heterocycles. The van der Waals surface area contributed by atoms with Gasteiger partial charge >= 0.3 is 6.18 Å². The molecular weight excluding hydrogens is 359 g/mol. The van der Waals surface area contributed by atoms with E-state index in [2.05, 4.69) is 10.1 Å². The SMILES string of the molecule is [2H]/C(=C/n1nc(-c2cc(C)c([2H])c(C(F)(F)F)c2)nc1[2H])C(=O)N1CC(F)(F)C1. The van der Waals surface area contributed by atoms with Gasteiger partial charge in [0.25, 0.3) is 5.92 Å². The second-order valence-electron chi connectivity index (χ2n) is 5.73. The van der Waals surface area contributed by atoms with E-state index in [4.69, 9.17) is 4.11 Å². The van der Waals surface area contributed by atoms with Crippen molar-refractivity contribution in [3.8, 4) is 11.4 Å². The summed E-state index contributed by atoms with van der Waals surface area (Å²) in [5.74, 6) is -4.29. The number of aromatic nitrogens is 3. The van der Waals surface area contributed by atoms with Crippen molar-refractivity contribution < 1.29 is 30.9 Å². The van der Waals surface area contributed by atoms with E-state index in [1.54, 1.807) is 0 Å². The molecule has 1 aliphatic rings. The standard InChI is InChI=1S/C16H13F5N4O/c1-10-4-11(6-12(5-10)16(19,20)21)14-22-9-25(23-14)3-2-13(26)24-7-15(17,18)8-24/h2-6,9H,7-8H2,1H3/b3-2-/i2D,5D,9D. The second kappa shape index (κ2) is 6.19. The first-order chi connectivity index (χ1) is 13.3. The summed E-state index contributed by atoms with van der Waals surface area (Å²) in [6.45, 7) is -0.336. The molecule has 26 heavy (non-hydrogen) atoms. The van der Waals surface area contributed by atoms with Crippen LogP contribution < -0.4 is 0 Å². The molecule has 0 N–H and O–H groups in total. The van der Waals surface area contributed by atoms with Gasteiger partial charge in [-0.25, -0.2) is 18.4 Å². The van der Waals surface area contributed by atoms with Gasteiger partial charge in [-0.3, -0.25) is 4.79 Å². The molecule has 2 aromatic rings. The van der Waals surface area contributed by atoms with E-state index < -0.39 is 55.1 Å². The molecule has 0 atom stereocenters. The van der Waals surface area contributed by atoms with Crippen LogP contribution in [0.2, 0.25) is 0 Å². The number of carbonyl (C=O) groups excluding carboxylic acids is 1. The number of alkyl halides is 5. The van der Waals surface area contributed by atoms with E-state index in [1.807, 2.05) is 0 Å². The van der Waals surface area contributed by atoms with Crippen LogP contribution >= 0.6 is 0 Å². The summed E-state index contributed by atoms with van der Waals surface area (Å²) in [5, 5.41) is 3.80. The minimum Gasteiger partial charge on any atom is -0.327 e. The molecule has 1 aromatic carbocycles. The van der Waals surface area contributed by atoms with Crippen LogP contribution in [0, 0.1) is 6.92 Å². The molecule has 5 nitrogen and oxygen atoms in total. The summed E-state index contributed by atoms with van der Waals surface area (Å²) >= 11 is 0. The van der Waals surface area contributed by atoms with Crippen molar-refractivity contribution >= 4 is 12.1 Å². The molecule has 1 aromatic heterocycles. The summed E-state index contributed by atoms with van der Waals surface area (Å²) < 4.78 is 88.7. The summed E-state index contributed by atoms with van der Waals surface area (Å²) in [6, 6.07) is 0.485. The van der Waals surface area contributed by atoms with Gasteiger partial charge in [0.1, 0.15) is 7.67 Å². The summed E-state index contributed by atoms with van der Waals surface area (Å²) in [5.41, 5.74) is -1.28. The van der Waals surface area contributed by atoms with Gasteiger partial charge in [0, 0.05) is 17.8 Å². The van der Waals surface area contributed by atoms with Crippen LogP contribution in [0.25, 0.3) is 17.6 Å². The molecule has 138 valence electrons. The van der Waals surface area contributed by atoms with Crippen molar-refractivity contribution in [3.05, 3.63) is 41.7 Å². The number of carbonyl (C=O) groups is 1. The summed E-state index contributed by atoms with van der Waals surface area (Å²) in [6.07, 6.45) is -4.58. The molecule has 0 spiro atoms. The predicted octanol–water partition coefficient (Wildman–Crippen LogP) is 3.22. The minimum atomic E-state index is -4.77. The molecule has 0 saturated carbocycles. The zero-order chi connectivity index (χ0) is 21.7. The summed E-state index contributed by atoms with van der Waals surface area (Å²) in [4.78, 5) is 16.4. The van der Waals surface area contributed by atoms with Crippen LogP contribution in [-0.4, -0.2) is 44.6 Å². The molecule has 1 saturated heterocycles. The highest BCUT2D eigenvalue weighted by molar-refractivity contribution is 5.90. The lowest BCUT2D eigenvalue weighted by Gasteiger charge is -2.37. The van der Waals surface area contributed by atoms with Crippen molar-refractivity contribution in [1.29, 1.82) is 0 Å². The molecule has 3 rings (SSSR count). The molecule has 0 aliphatic carbocycles. The first-order valence-corrected chi connectivity index (χ1v) is 7.26. The van der Waals surface area contributed by atoms with Crippen molar-refractivity contribution in [2.75, 3.05) is 13.1 Å². The maximum absolute atomic E-state index is 13.1. The van der Waals surface area contributed by atoms with Crippen molar-refractivity contribution in [2.45, 2.75) is 19.0 Å². The average Bonchev–Trinajstić information content (AvgIpc) is 2.93. The maximum Gasteiger partial charge on any atom is 0.416 e. The van der Waals surface area contributed by atoms with Crippen LogP contribution in [0.1, 0.15) is 15.2 Å². The van der Waals surface area contributed by atoms with Gasteiger partial charge in [0.15, 0.2) is 5.82 Å². The fourth-order valence-corrected chi connectivity index (χ4v) is 2.29. The van der Waals surface area contributed by atoms with E-state index in [9.17, 15) is 26.7 Å². The lowest BCUT2D eigenvalue weighted by atomic mass is 10.1. The zero-order valence-electron chi connectivity index (χ0n) is 16.2. The zero-order valence-corrected chi connectivity index (χ0v) is 13.2. The lowest BCUT2D eigenvalue weighted by Crippen LogP contribution is -2.58. The van der Waals surface area contributed by atoms with Gasteiger partial charge in [0.05, 0.1) is 21.4 Å². The van der Waals surface area contributed by atoms with Crippen LogP contribution in [0.5, 0.6) is 0 Å². The Morgan fingerprint density at radius 3 is 2.69 bits per heavy atom. The maximum atomic E-state index is 13.1. The molecule has 0 radical (unpaired) electrons. The fraction of sp³-hybridized carbons (Fsp3) is 0.312. The Morgan fingerprint density at radius 2 is 2.08 bits per heavy atom. The first kappa shape index (κ1) is 14.4. The normalized spacial score (nSPS) is 18.8. The third kappa shape index (κ3) is 3.89. The topological polar surface area (TPSA) is 51.0 Å². The highest BCUT2D eigenvalue weighted by Gasteiger charge is 2.45. The Labute approximate surface area is 149 Å². The van der Waals surface area contributed by atoms with E-state index in [-0.39, 0.29) is 17.0 Å². The van der Waals surface area contributed by atoms with Gasteiger partial charge in [-0.05, 0) is 30.7 Å². The Bertz CT molecular complexity index is 1010. The molecule has 10 heteroatoms. The second-order valence-corrected chi connectivity index (χ2v) is 5.73. The molecule has 0 bridgehead atoms. The first-order valence-electron chi connectivity index (χ1n) is 8.76. The number of hydrogen-bond acceptors (Lipinski definition) is 3. The van der Waals surface area contributed by atoms with Crippen LogP contribution in [0.15, 0.2) is 30.5 Å². The Hall–Kier alpha value is -2.78. The number of aryl methyl sites for hydroxylation is 1.